The number of sulfonamides is 1. The Labute approximate surface area is 275 Å². The van der Waals surface area contributed by atoms with E-state index in [0.717, 1.165) is 15.4 Å². The van der Waals surface area contributed by atoms with Gasteiger partial charge in [0.15, 0.2) is 11.5 Å². The molecule has 0 aromatic heterocycles. The Morgan fingerprint density at radius 1 is 0.804 bits per heavy atom. The minimum Gasteiger partial charge on any atom is -0.493 e. The average Bonchev–Trinajstić information content (AvgIpc) is 3.05. The van der Waals surface area contributed by atoms with Gasteiger partial charge in [0, 0.05) is 30.1 Å². The molecule has 0 unspecified atom stereocenters. The standard InChI is InChI=1S/C35H38ClN3O6S/c1-25(2)37-35(41)31(21-26-11-7-5-8-12-26)38(23-27-13-9-6-10-14-27)34(40)24-39(29-17-15-28(36)16-18-29)46(42,43)30-19-20-32(44-3)33(22-30)45-4/h5-20,22,25,31H,21,23-24H2,1-4H3,(H,37,41)/t31-/m0/s1. The third-order valence-electron chi connectivity index (χ3n) is 7.23. The highest BCUT2D eigenvalue weighted by atomic mass is 35.5. The first-order chi connectivity index (χ1) is 22.0. The largest absolute Gasteiger partial charge is 0.493 e. The first-order valence-corrected chi connectivity index (χ1v) is 16.5. The molecule has 0 aliphatic carbocycles. The minimum absolute atomic E-state index is 0.0769. The fourth-order valence-electron chi connectivity index (χ4n) is 4.96. The van der Waals surface area contributed by atoms with E-state index in [1.165, 1.54) is 49.5 Å². The van der Waals surface area contributed by atoms with Crippen molar-refractivity contribution in [2.24, 2.45) is 0 Å². The summed E-state index contributed by atoms with van der Waals surface area (Å²) >= 11 is 6.14. The van der Waals surface area contributed by atoms with Gasteiger partial charge in [0.1, 0.15) is 12.6 Å². The van der Waals surface area contributed by atoms with Crippen LogP contribution in [0.3, 0.4) is 0 Å². The van der Waals surface area contributed by atoms with Crippen molar-refractivity contribution in [1.29, 1.82) is 0 Å². The Morgan fingerprint density at radius 2 is 1.39 bits per heavy atom. The van der Waals surface area contributed by atoms with Crippen molar-refractivity contribution in [3.05, 3.63) is 119 Å². The predicted octanol–water partition coefficient (Wildman–Crippen LogP) is 5.72. The highest BCUT2D eigenvalue weighted by molar-refractivity contribution is 7.92. The van der Waals surface area contributed by atoms with Crippen LogP contribution >= 0.6 is 11.6 Å². The fraction of sp³-hybridized carbons (Fsp3) is 0.257. The highest BCUT2D eigenvalue weighted by Gasteiger charge is 2.35. The van der Waals surface area contributed by atoms with Crippen LogP contribution in [0.1, 0.15) is 25.0 Å². The van der Waals surface area contributed by atoms with Gasteiger partial charge in [0.2, 0.25) is 11.8 Å². The summed E-state index contributed by atoms with van der Waals surface area (Å²) in [4.78, 5) is 29.6. The maximum absolute atomic E-state index is 14.5. The van der Waals surface area contributed by atoms with Crippen molar-refractivity contribution in [2.75, 3.05) is 25.1 Å². The van der Waals surface area contributed by atoms with Crippen LogP contribution in [0.4, 0.5) is 5.69 Å². The van der Waals surface area contributed by atoms with Crippen LogP contribution in [0.2, 0.25) is 5.02 Å². The number of ether oxygens (including phenoxy) is 2. The molecule has 11 heteroatoms. The summed E-state index contributed by atoms with van der Waals surface area (Å²) in [6.07, 6.45) is 0.224. The molecular formula is C35H38ClN3O6S. The molecule has 4 aromatic carbocycles. The maximum Gasteiger partial charge on any atom is 0.264 e. The predicted molar refractivity (Wildman–Crippen MR) is 180 cm³/mol. The fourth-order valence-corrected chi connectivity index (χ4v) is 6.51. The lowest BCUT2D eigenvalue weighted by Gasteiger charge is -2.34. The van der Waals surface area contributed by atoms with E-state index in [1.54, 1.807) is 12.1 Å². The van der Waals surface area contributed by atoms with Gasteiger partial charge in [-0.05, 0) is 61.4 Å². The lowest BCUT2D eigenvalue weighted by molar-refractivity contribution is -0.140. The smallest absolute Gasteiger partial charge is 0.264 e. The lowest BCUT2D eigenvalue weighted by atomic mass is 10.0. The van der Waals surface area contributed by atoms with Gasteiger partial charge in [0.25, 0.3) is 10.0 Å². The third kappa shape index (κ3) is 8.58. The molecule has 4 aromatic rings. The van der Waals surface area contributed by atoms with Crippen LogP contribution in [0.5, 0.6) is 11.5 Å². The molecule has 242 valence electrons. The number of nitrogens with one attached hydrogen (secondary N) is 1. The van der Waals surface area contributed by atoms with E-state index in [-0.39, 0.29) is 41.2 Å². The van der Waals surface area contributed by atoms with Crippen molar-refractivity contribution in [3.63, 3.8) is 0 Å². The number of anilines is 1. The number of methoxy groups -OCH3 is 2. The molecule has 0 saturated carbocycles. The van der Waals surface area contributed by atoms with Crippen LogP contribution in [0, 0.1) is 0 Å². The SMILES string of the molecule is COc1ccc(S(=O)(=O)N(CC(=O)N(Cc2ccccc2)[C@@H](Cc2ccccc2)C(=O)NC(C)C)c2ccc(Cl)cc2)cc1OC. The molecule has 0 bridgehead atoms. The number of amides is 2. The first kappa shape index (κ1) is 34.3. The van der Waals surface area contributed by atoms with E-state index in [1.807, 2.05) is 74.5 Å². The number of carbonyl (C=O) groups excluding carboxylic acids is 2. The van der Waals surface area contributed by atoms with Gasteiger partial charge in [0.05, 0.1) is 24.8 Å². The van der Waals surface area contributed by atoms with Crippen molar-refractivity contribution >= 4 is 39.1 Å². The molecule has 2 amide bonds. The van der Waals surface area contributed by atoms with E-state index >= 15 is 0 Å². The number of rotatable bonds is 14. The number of nitrogens with zero attached hydrogens (tertiary/aromatic N) is 2. The van der Waals surface area contributed by atoms with Gasteiger partial charge < -0.3 is 19.7 Å². The molecule has 0 aliphatic heterocycles. The number of carbonyl (C=O) groups is 2. The molecule has 0 fully saturated rings. The Bertz CT molecular complexity index is 1720. The molecule has 0 radical (unpaired) electrons. The van der Waals surface area contributed by atoms with Crippen molar-refractivity contribution in [2.45, 2.75) is 43.8 Å². The molecule has 9 nitrogen and oxygen atoms in total. The van der Waals surface area contributed by atoms with Crippen molar-refractivity contribution < 1.29 is 27.5 Å². The van der Waals surface area contributed by atoms with Crippen LogP contribution in [-0.2, 0) is 32.6 Å². The first-order valence-electron chi connectivity index (χ1n) is 14.7. The van der Waals surface area contributed by atoms with Crippen LogP contribution in [0.15, 0.2) is 108 Å². The molecule has 0 saturated heterocycles. The summed E-state index contributed by atoms with van der Waals surface area (Å²) in [6, 6.07) is 27.9. The zero-order chi connectivity index (χ0) is 33.3. The molecular weight excluding hydrogens is 626 g/mol. The molecule has 0 spiro atoms. The Balaban J connectivity index is 1.81. The van der Waals surface area contributed by atoms with E-state index in [4.69, 9.17) is 21.1 Å². The second kappa shape index (κ2) is 15.6. The molecule has 1 N–H and O–H groups in total. The van der Waals surface area contributed by atoms with E-state index < -0.39 is 28.5 Å². The average molecular weight is 664 g/mol. The van der Waals surface area contributed by atoms with E-state index in [9.17, 15) is 18.0 Å². The zero-order valence-corrected chi connectivity index (χ0v) is 27.8. The summed E-state index contributed by atoms with van der Waals surface area (Å²) < 4.78 is 40.2. The Hall–Kier alpha value is -4.54. The van der Waals surface area contributed by atoms with Gasteiger partial charge in [-0.25, -0.2) is 8.42 Å². The third-order valence-corrected chi connectivity index (χ3v) is 9.26. The minimum atomic E-state index is -4.34. The topological polar surface area (TPSA) is 105 Å². The summed E-state index contributed by atoms with van der Waals surface area (Å²) in [5, 5.41) is 3.35. The highest BCUT2D eigenvalue weighted by Crippen LogP contribution is 2.33. The Morgan fingerprint density at radius 3 is 1.96 bits per heavy atom. The van der Waals surface area contributed by atoms with Crippen molar-refractivity contribution in [3.8, 4) is 11.5 Å². The molecule has 1 atom stereocenters. The number of hydrogen-bond donors (Lipinski definition) is 1. The van der Waals surface area contributed by atoms with Gasteiger partial charge in [-0.1, -0.05) is 72.3 Å². The summed E-state index contributed by atoms with van der Waals surface area (Å²) in [7, 11) is -1.48. The summed E-state index contributed by atoms with van der Waals surface area (Å²) in [5.74, 6) is -0.346. The second-order valence-corrected chi connectivity index (χ2v) is 13.2. The molecule has 0 heterocycles. The molecule has 46 heavy (non-hydrogen) atoms. The maximum atomic E-state index is 14.5. The number of halogens is 1. The van der Waals surface area contributed by atoms with Gasteiger partial charge in [-0.2, -0.15) is 0 Å². The normalized spacial score (nSPS) is 11.9. The van der Waals surface area contributed by atoms with Crippen LogP contribution in [0.25, 0.3) is 0 Å². The summed E-state index contributed by atoms with van der Waals surface area (Å²) in [6.45, 7) is 3.18. The van der Waals surface area contributed by atoms with E-state index in [0.29, 0.717) is 10.8 Å². The molecule has 4 rings (SSSR count). The quantitative estimate of drug-likeness (QED) is 0.185. The van der Waals surface area contributed by atoms with Crippen molar-refractivity contribution in [1.82, 2.24) is 10.2 Å². The van der Waals surface area contributed by atoms with Gasteiger partial charge >= 0.3 is 0 Å². The second-order valence-electron chi connectivity index (χ2n) is 10.9. The summed E-state index contributed by atoms with van der Waals surface area (Å²) in [5.41, 5.74) is 1.86. The van der Waals surface area contributed by atoms with Crippen LogP contribution < -0.4 is 19.1 Å². The number of benzene rings is 4. The number of hydrogen-bond acceptors (Lipinski definition) is 6. The zero-order valence-electron chi connectivity index (χ0n) is 26.2. The van der Waals surface area contributed by atoms with E-state index in [2.05, 4.69) is 5.32 Å². The monoisotopic (exact) mass is 663 g/mol. The van der Waals surface area contributed by atoms with Gasteiger partial charge in [-0.15, -0.1) is 0 Å². The lowest BCUT2D eigenvalue weighted by Crippen LogP contribution is -2.54. The molecule has 0 aliphatic rings. The van der Waals surface area contributed by atoms with Gasteiger partial charge in [-0.3, -0.25) is 13.9 Å². The van der Waals surface area contributed by atoms with Crippen LogP contribution in [-0.4, -0.2) is 58.0 Å². The Kier molecular flexibility index (Phi) is 11.7.